The molecule has 0 spiro atoms. The van der Waals surface area contributed by atoms with Crippen molar-refractivity contribution in [1.29, 1.82) is 0 Å². The first-order valence-corrected chi connectivity index (χ1v) is 20.9. The van der Waals surface area contributed by atoms with E-state index in [-0.39, 0.29) is 23.7 Å². The molecule has 5 rings (SSSR count). The Bertz CT molecular complexity index is 1810. The number of hydrogen-bond donors (Lipinski definition) is 3. The van der Waals surface area contributed by atoms with Gasteiger partial charge in [0.05, 0.1) is 12.1 Å². The number of rotatable bonds is 14. The van der Waals surface area contributed by atoms with Crippen LogP contribution in [0.15, 0.2) is 77.2 Å². The van der Waals surface area contributed by atoms with Crippen LogP contribution in [0.1, 0.15) is 128 Å². The third-order valence-electron chi connectivity index (χ3n) is 11.7. The Labute approximate surface area is 343 Å². The van der Waals surface area contributed by atoms with Gasteiger partial charge in [0.1, 0.15) is 41.3 Å². The second-order valence-electron chi connectivity index (χ2n) is 17.1. The first-order valence-electron chi connectivity index (χ1n) is 20.9. The fraction of sp³-hybridized carbons (Fsp3) is 0.543. The fourth-order valence-corrected chi connectivity index (χ4v) is 8.07. The molecule has 2 aliphatic rings. The zero-order valence-electron chi connectivity index (χ0n) is 35.5. The van der Waals surface area contributed by atoms with E-state index in [1.807, 2.05) is 93.6 Å². The second-order valence-corrected chi connectivity index (χ2v) is 17.1. The maximum Gasteiger partial charge on any atom is 0.410 e. The summed E-state index contributed by atoms with van der Waals surface area (Å²) in [6, 6.07) is 18.3. The summed E-state index contributed by atoms with van der Waals surface area (Å²) in [5.41, 5.74) is 1.05. The van der Waals surface area contributed by atoms with Gasteiger partial charge in [0.2, 0.25) is 23.6 Å². The molecule has 1 aliphatic carbocycles. The molecule has 58 heavy (non-hydrogen) atoms. The van der Waals surface area contributed by atoms with Gasteiger partial charge in [-0.15, -0.1) is 0 Å². The van der Waals surface area contributed by atoms with E-state index in [9.17, 15) is 19.2 Å². The molecule has 12 heteroatoms. The molecule has 1 saturated carbocycles. The van der Waals surface area contributed by atoms with Gasteiger partial charge in [0.25, 0.3) is 0 Å². The van der Waals surface area contributed by atoms with Crippen LogP contribution in [0.25, 0.3) is 0 Å². The number of carbonyl (C=O) groups is 5. The minimum absolute atomic E-state index is 0.181. The standard InChI is InChI=1S/C46H63N5O7/c1-9-29(2)38(43(54)48-39(32-19-13-10-14-20-32)33-21-15-11-16-22-33)47-42(53)36-27-26-35(37-28-25-30(3)57-37)51(36)44(55)40(34-23-17-12-18-24-34)49-41(52)31(4)50(8)45(56)58-46(5,6)7/h10-11,13-16,19-22,25,28-29,31,34-36,38-40H,9,12,17-18,23-24,26-27H2,1-8H3,(H,47,53)(H,48,54)(H,49,52)/t29-,31-,35+,36-,38-,40-/m0/s1. The summed E-state index contributed by atoms with van der Waals surface area (Å²) in [7, 11) is 1.50. The van der Waals surface area contributed by atoms with Crippen LogP contribution in [0, 0.1) is 18.8 Å². The Hall–Kier alpha value is -5.13. The van der Waals surface area contributed by atoms with Crippen LogP contribution < -0.4 is 16.0 Å². The number of nitrogens with zero attached hydrogens (tertiary/aromatic N) is 2. The van der Waals surface area contributed by atoms with Crippen LogP contribution in [0.3, 0.4) is 0 Å². The van der Waals surface area contributed by atoms with E-state index in [0.717, 1.165) is 43.2 Å². The quantitative estimate of drug-likeness (QED) is 0.154. The highest BCUT2D eigenvalue weighted by Crippen LogP contribution is 2.39. The molecule has 3 N–H and O–H groups in total. The molecule has 0 unspecified atom stereocenters. The molecule has 2 heterocycles. The van der Waals surface area contributed by atoms with Crippen molar-refractivity contribution in [2.45, 2.75) is 142 Å². The van der Waals surface area contributed by atoms with Gasteiger partial charge in [-0.25, -0.2) is 4.79 Å². The Kier molecular flexibility index (Phi) is 14.8. The van der Waals surface area contributed by atoms with E-state index in [1.165, 1.54) is 11.9 Å². The van der Waals surface area contributed by atoms with E-state index >= 15 is 4.79 Å². The van der Waals surface area contributed by atoms with E-state index in [4.69, 9.17) is 9.15 Å². The predicted molar refractivity (Wildman–Crippen MR) is 222 cm³/mol. The third kappa shape index (κ3) is 10.9. The first kappa shape index (κ1) is 44.0. The molecular weight excluding hydrogens is 735 g/mol. The number of likely N-dealkylation sites (N-methyl/N-ethyl adjacent to an activating group) is 1. The highest BCUT2D eigenvalue weighted by Gasteiger charge is 2.48. The van der Waals surface area contributed by atoms with Crippen LogP contribution in [-0.2, 0) is 23.9 Å². The molecule has 5 amide bonds. The maximum absolute atomic E-state index is 15.2. The molecule has 3 aromatic rings. The summed E-state index contributed by atoms with van der Waals surface area (Å²) in [6.45, 7) is 12.6. The van der Waals surface area contributed by atoms with E-state index in [1.54, 1.807) is 32.6 Å². The van der Waals surface area contributed by atoms with Crippen LogP contribution in [0.4, 0.5) is 4.79 Å². The van der Waals surface area contributed by atoms with Crippen molar-refractivity contribution in [2.75, 3.05) is 7.05 Å². The largest absolute Gasteiger partial charge is 0.464 e. The van der Waals surface area contributed by atoms with Crippen LogP contribution in [-0.4, -0.2) is 76.3 Å². The molecule has 2 fully saturated rings. The lowest BCUT2D eigenvalue weighted by Gasteiger charge is -2.38. The molecule has 6 atom stereocenters. The topological polar surface area (TPSA) is 150 Å². The number of ether oxygens (including phenoxy) is 1. The van der Waals surface area contributed by atoms with Gasteiger partial charge >= 0.3 is 6.09 Å². The number of nitrogens with one attached hydrogen (secondary N) is 3. The van der Waals surface area contributed by atoms with Gasteiger partial charge in [-0.3, -0.25) is 24.1 Å². The summed E-state index contributed by atoms with van der Waals surface area (Å²) < 4.78 is 11.6. The number of likely N-dealkylation sites (tertiary alicyclic amines) is 1. The Morgan fingerprint density at radius 3 is 1.95 bits per heavy atom. The zero-order chi connectivity index (χ0) is 42.1. The van der Waals surface area contributed by atoms with Crippen molar-refractivity contribution in [3.8, 4) is 0 Å². The number of carbonyl (C=O) groups excluding carboxylic acids is 5. The molecule has 1 aromatic heterocycles. The number of hydrogen-bond acceptors (Lipinski definition) is 7. The SMILES string of the molecule is CC[C@H](C)[C@H](NC(=O)[C@@H]1CC[C@H](c2ccc(C)o2)N1C(=O)[C@@H](NC(=O)[C@H](C)N(C)C(=O)OC(C)(C)C)C1CCCCC1)C(=O)NC(c1ccccc1)c1ccccc1. The lowest BCUT2D eigenvalue weighted by molar-refractivity contribution is -0.146. The molecule has 1 saturated heterocycles. The van der Waals surface area contributed by atoms with Crippen molar-refractivity contribution in [3.63, 3.8) is 0 Å². The summed E-state index contributed by atoms with van der Waals surface area (Å²) in [5.74, 6) is -0.845. The van der Waals surface area contributed by atoms with E-state index in [2.05, 4.69) is 16.0 Å². The minimum atomic E-state index is -0.958. The maximum atomic E-state index is 15.2. The smallest absolute Gasteiger partial charge is 0.410 e. The molecule has 2 aromatic carbocycles. The third-order valence-corrected chi connectivity index (χ3v) is 11.7. The molecule has 0 radical (unpaired) electrons. The van der Waals surface area contributed by atoms with E-state index < -0.39 is 59.8 Å². The summed E-state index contributed by atoms with van der Waals surface area (Å²) in [5, 5.41) is 9.34. The lowest BCUT2D eigenvalue weighted by Crippen LogP contribution is -2.60. The van der Waals surface area contributed by atoms with Crippen molar-refractivity contribution in [3.05, 3.63) is 95.4 Å². The van der Waals surface area contributed by atoms with E-state index in [0.29, 0.717) is 30.8 Å². The molecule has 314 valence electrons. The second kappa shape index (κ2) is 19.5. The summed E-state index contributed by atoms with van der Waals surface area (Å²) in [6.07, 6.45) is 5.03. The number of furan rings is 1. The average molecular weight is 798 g/mol. The first-order chi connectivity index (χ1) is 27.6. The summed E-state index contributed by atoms with van der Waals surface area (Å²) >= 11 is 0. The monoisotopic (exact) mass is 797 g/mol. The highest BCUT2D eigenvalue weighted by molar-refractivity contribution is 5.96. The van der Waals surface area contributed by atoms with Gasteiger partial charge in [0.15, 0.2) is 0 Å². The van der Waals surface area contributed by atoms with Gasteiger partial charge < -0.3 is 30.0 Å². The zero-order valence-corrected chi connectivity index (χ0v) is 35.5. The molecule has 0 bridgehead atoms. The highest BCUT2D eigenvalue weighted by atomic mass is 16.6. The lowest BCUT2D eigenvalue weighted by atomic mass is 9.83. The number of aryl methyl sites for hydroxylation is 1. The van der Waals surface area contributed by atoms with Crippen molar-refractivity contribution >= 4 is 29.7 Å². The average Bonchev–Trinajstić information content (AvgIpc) is 3.86. The fourth-order valence-electron chi connectivity index (χ4n) is 8.07. The van der Waals surface area contributed by atoms with Gasteiger partial charge in [-0.2, -0.15) is 0 Å². The number of benzene rings is 2. The minimum Gasteiger partial charge on any atom is -0.464 e. The summed E-state index contributed by atoms with van der Waals surface area (Å²) in [4.78, 5) is 73.8. The van der Waals surface area contributed by atoms with Crippen molar-refractivity contribution < 1.29 is 33.1 Å². The Balaban J connectivity index is 1.44. The van der Waals surface area contributed by atoms with Gasteiger partial charge in [-0.1, -0.05) is 100 Å². The van der Waals surface area contributed by atoms with Gasteiger partial charge in [-0.05, 0) is 95.4 Å². The number of amides is 5. The molecular formula is C46H63N5O7. The van der Waals surface area contributed by atoms with Crippen LogP contribution >= 0.6 is 0 Å². The molecule has 12 nitrogen and oxygen atoms in total. The van der Waals surface area contributed by atoms with Crippen molar-refractivity contribution in [2.24, 2.45) is 11.8 Å². The Morgan fingerprint density at radius 2 is 1.41 bits per heavy atom. The van der Waals surface area contributed by atoms with Crippen LogP contribution in [0.2, 0.25) is 0 Å². The Morgan fingerprint density at radius 1 is 0.810 bits per heavy atom. The van der Waals surface area contributed by atoms with Crippen molar-refractivity contribution in [1.82, 2.24) is 25.8 Å². The van der Waals surface area contributed by atoms with Crippen LogP contribution in [0.5, 0.6) is 0 Å². The van der Waals surface area contributed by atoms with Gasteiger partial charge in [0, 0.05) is 7.05 Å². The normalized spacial score (nSPS) is 19.4. The predicted octanol–water partition coefficient (Wildman–Crippen LogP) is 7.38. The molecule has 1 aliphatic heterocycles.